The Morgan fingerprint density at radius 2 is 1.91 bits per heavy atom. The average Bonchev–Trinajstić information content (AvgIpc) is 2.99. The topological polar surface area (TPSA) is 61.8 Å². The molecule has 2 aliphatic rings. The molecule has 7 heteroatoms. The van der Waals surface area contributed by atoms with Crippen LogP contribution in [-0.4, -0.2) is 45.7 Å². The highest BCUT2D eigenvalue weighted by molar-refractivity contribution is 6.20. The van der Waals surface area contributed by atoms with Crippen molar-refractivity contribution in [2.75, 3.05) is 13.6 Å². The third-order valence-electron chi connectivity index (χ3n) is 4.59. The van der Waals surface area contributed by atoms with Crippen LogP contribution >= 0.6 is 0 Å². The summed E-state index contributed by atoms with van der Waals surface area (Å²) in [7, 11) is 1.69. The number of likely N-dealkylation sites (N-methyl/N-ethyl adjacent to an activating group) is 1. The van der Waals surface area contributed by atoms with E-state index in [9.17, 15) is 9.59 Å². The number of amides is 3. The van der Waals surface area contributed by atoms with E-state index in [1.165, 1.54) is 9.80 Å². The van der Waals surface area contributed by atoms with Crippen LogP contribution in [0.1, 0.15) is 37.7 Å². The Labute approximate surface area is 129 Å². The molecule has 22 heavy (non-hydrogen) atoms. The second-order valence-electron chi connectivity index (χ2n) is 5.79. The highest BCUT2D eigenvalue weighted by Gasteiger charge is 2.53. The number of imidazole rings is 1. The molecule has 0 aliphatic carbocycles. The van der Waals surface area contributed by atoms with Gasteiger partial charge in [0.05, 0.1) is 6.54 Å². The fraction of sp³-hybridized carbons (Fsp3) is 0.600. The van der Waals surface area contributed by atoms with Crippen LogP contribution in [0.3, 0.4) is 0 Å². The molecule has 1 aromatic rings. The molecule has 1 aromatic heterocycles. The summed E-state index contributed by atoms with van der Waals surface area (Å²) in [6, 6.07) is -0.805. The van der Waals surface area contributed by atoms with Crippen LogP contribution in [0.25, 0.3) is 0 Å². The maximum atomic E-state index is 12.8. The minimum Gasteiger partial charge on any atom is -0.270 e. The first-order valence-corrected chi connectivity index (χ1v) is 7.72. The number of rotatable bonds is 3. The van der Waals surface area contributed by atoms with Gasteiger partial charge in [0.2, 0.25) is 11.9 Å². The van der Waals surface area contributed by atoms with Crippen molar-refractivity contribution in [3.63, 3.8) is 0 Å². The number of carbonyl (C=O) groups excluding carboxylic acids is 2. The monoisotopic (exact) mass is 304 g/mol. The molecule has 7 nitrogen and oxygen atoms in total. The van der Waals surface area contributed by atoms with Crippen molar-refractivity contribution < 1.29 is 14.2 Å². The molecule has 0 radical (unpaired) electrons. The minimum atomic E-state index is -0.518. The summed E-state index contributed by atoms with van der Waals surface area (Å²) < 4.78 is 4.04. The van der Waals surface area contributed by atoms with Gasteiger partial charge in [-0.1, -0.05) is 11.9 Å². The standard InChI is InChI=1S/C15H22N5O2/c1-6-8-19-13(21)11-12(17(5)15(19)22)16-14-18(7-2)9(3)10(4)20(11)14/h11H,6-8H2,1-5H3/q+1. The van der Waals surface area contributed by atoms with Crippen LogP contribution in [0, 0.1) is 13.8 Å². The number of carbonyl (C=O) groups is 2. The Balaban J connectivity index is 2.16. The van der Waals surface area contributed by atoms with Crippen LogP contribution in [0.5, 0.6) is 0 Å². The van der Waals surface area contributed by atoms with Crippen LogP contribution in [0.15, 0.2) is 4.99 Å². The van der Waals surface area contributed by atoms with E-state index in [-0.39, 0.29) is 11.9 Å². The molecular weight excluding hydrogens is 282 g/mol. The molecular formula is C15H22N5O2+. The molecule has 1 saturated heterocycles. The smallest absolute Gasteiger partial charge is 0.270 e. The predicted molar refractivity (Wildman–Crippen MR) is 81.1 cm³/mol. The van der Waals surface area contributed by atoms with E-state index in [1.807, 2.05) is 25.3 Å². The number of imide groups is 1. The van der Waals surface area contributed by atoms with Gasteiger partial charge in [-0.25, -0.2) is 13.9 Å². The molecule has 0 saturated carbocycles. The summed E-state index contributed by atoms with van der Waals surface area (Å²) in [6.45, 7) is 9.26. The van der Waals surface area contributed by atoms with Crippen LogP contribution < -0.4 is 4.57 Å². The van der Waals surface area contributed by atoms with E-state index in [4.69, 9.17) is 0 Å². The van der Waals surface area contributed by atoms with Gasteiger partial charge in [0.15, 0.2) is 0 Å². The van der Waals surface area contributed by atoms with Crippen molar-refractivity contribution in [1.29, 1.82) is 0 Å². The van der Waals surface area contributed by atoms with Gasteiger partial charge >= 0.3 is 12.0 Å². The normalized spacial score (nSPS) is 20.4. The Hall–Kier alpha value is -2.18. The third kappa shape index (κ3) is 1.68. The molecule has 0 bridgehead atoms. The number of nitrogens with zero attached hydrogens (tertiary/aromatic N) is 5. The highest BCUT2D eigenvalue weighted by Crippen LogP contribution is 2.35. The second-order valence-corrected chi connectivity index (χ2v) is 5.79. The SMILES string of the molecule is CCCN1C(=O)C2C(=Nc3n2c(C)c(C)[n+]3CC)N(C)C1=O. The average molecular weight is 304 g/mol. The van der Waals surface area contributed by atoms with Gasteiger partial charge < -0.3 is 0 Å². The van der Waals surface area contributed by atoms with E-state index in [1.54, 1.807) is 7.05 Å². The Morgan fingerprint density at radius 1 is 1.23 bits per heavy atom. The molecule has 3 heterocycles. The van der Waals surface area contributed by atoms with Gasteiger partial charge in [0, 0.05) is 13.6 Å². The van der Waals surface area contributed by atoms with Crippen molar-refractivity contribution in [3.05, 3.63) is 11.4 Å². The number of amidine groups is 1. The zero-order valence-corrected chi connectivity index (χ0v) is 13.8. The van der Waals surface area contributed by atoms with Crippen molar-refractivity contribution in [3.8, 4) is 0 Å². The largest absolute Gasteiger partial charge is 0.402 e. The van der Waals surface area contributed by atoms with Crippen molar-refractivity contribution in [1.82, 2.24) is 14.4 Å². The van der Waals surface area contributed by atoms with E-state index in [0.29, 0.717) is 12.4 Å². The fourth-order valence-electron chi connectivity index (χ4n) is 3.31. The van der Waals surface area contributed by atoms with Crippen molar-refractivity contribution in [2.24, 2.45) is 4.99 Å². The van der Waals surface area contributed by atoms with Gasteiger partial charge in [-0.05, 0) is 27.2 Å². The molecule has 0 spiro atoms. The quantitative estimate of drug-likeness (QED) is 0.790. The minimum absolute atomic E-state index is 0.177. The molecule has 2 aliphatic heterocycles. The van der Waals surface area contributed by atoms with E-state index < -0.39 is 6.04 Å². The summed E-state index contributed by atoms with van der Waals surface area (Å²) in [5.41, 5.74) is 2.13. The predicted octanol–water partition coefficient (Wildman–Crippen LogP) is 1.30. The molecule has 1 atom stereocenters. The Morgan fingerprint density at radius 3 is 2.50 bits per heavy atom. The first kappa shape index (κ1) is 14.7. The van der Waals surface area contributed by atoms with E-state index in [0.717, 1.165) is 30.3 Å². The number of urea groups is 1. The van der Waals surface area contributed by atoms with Gasteiger partial charge in [0.25, 0.3) is 5.91 Å². The lowest BCUT2D eigenvalue weighted by Gasteiger charge is -2.33. The van der Waals surface area contributed by atoms with E-state index >= 15 is 0 Å². The number of hydrogen-bond acceptors (Lipinski definition) is 3. The van der Waals surface area contributed by atoms with Crippen molar-refractivity contribution >= 4 is 23.7 Å². The van der Waals surface area contributed by atoms with Crippen LogP contribution in [-0.2, 0) is 11.3 Å². The summed E-state index contributed by atoms with van der Waals surface area (Å²) in [5.74, 6) is 1.11. The Kier molecular flexibility index (Phi) is 3.30. The molecule has 118 valence electrons. The first-order valence-electron chi connectivity index (χ1n) is 7.72. The number of aliphatic imine (C=N–C) groups is 1. The zero-order valence-electron chi connectivity index (χ0n) is 13.8. The second kappa shape index (κ2) is 4.93. The molecule has 3 amide bonds. The first-order chi connectivity index (χ1) is 10.4. The van der Waals surface area contributed by atoms with E-state index in [2.05, 4.69) is 16.5 Å². The lowest BCUT2D eigenvalue weighted by molar-refractivity contribution is -0.685. The molecule has 3 rings (SSSR count). The lowest BCUT2D eigenvalue weighted by atomic mass is 10.1. The van der Waals surface area contributed by atoms with Crippen LogP contribution in [0.2, 0.25) is 0 Å². The maximum Gasteiger partial charge on any atom is 0.402 e. The maximum absolute atomic E-state index is 12.8. The fourth-order valence-corrected chi connectivity index (χ4v) is 3.31. The summed E-state index contributed by atoms with van der Waals surface area (Å²) in [6.07, 6.45) is 0.746. The number of hydrogen-bond donors (Lipinski definition) is 0. The van der Waals surface area contributed by atoms with Gasteiger partial charge in [-0.2, -0.15) is 0 Å². The van der Waals surface area contributed by atoms with Gasteiger partial charge in [-0.15, -0.1) is 0 Å². The van der Waals surface area contributed by atoms with Gasteiger partial charge in [-0.3, -0.25) is 14.6 Å². The lowest BCUT2D eigenvalue weighted by Crippen LogP contribution is -2.57. The summed E-state index contributed by atoms with van der Waals surface area (Å²) >= 11 is 0. The van der Waals surface area contributed by atoms with Gasteiger partial charge in [0.1, 0.15) is 11.4 Å². The summed E-state index contributed by atoms with van der Waals surface area (Å²) in [4.78, 5) is 32.7. The molecule has 0 aromatic carbocycles. The zero-order chi connectivity index (χ0) is 16.2. The molecule has 1 fully saturated rings. The Bertz CT molecular complexity index is 703. The highest BCUT2D eigenvalue weighted by atomic mass is 16.2. The summed E-state index contributed by atoms with van der Waals surface area (Å²) in [5, 5.41) is 0. The van der Waals surface area contributed by atoms with Crippen LogP contribution in [0.4, 0.5) is 10.7 Å². The number of fused-ring (bicyclic) bond motifs is 3. The van der Waals surface area contributed by atoms with Crippen molar-refractivity contribution in [2.45, 2.75) is 46.7 Å². The third-order valence-corrected chi connectivity index (χ3v) is 4.59. The molecule has 1 unspecified atom stereocenters. The number of aromatic nitrogens is 2. The molecule has 0 N–H and O–H groups in total.